The Hall–Kier alpha value is -8.26. The summed E-state index contributed by atoms with van der Waals surface area (Å²) in [7, 11) is 0. The van der Waals surface area contributed by atoms with Gasteiger partial charge in [-0.05, 0) is 62.9 Å². The molecule has 0 spiro atoms. The van der Waals surface area contributed by atoms with E-state index < -0.39 is 23.1 Å². The number of fused-ring (bicyclic) bond motifs is 7. The minimum absolute atomic E-state index is 0. The molecule has 0 atom stereocenters. The van der Waals surface area contributed by atoms with E-state index in [9.17, 15) is 13.2 Å². The van der Waals surface area contributed by atoms with Gasteiger partial charge in [0.05, 0.1) is 27.7 Å². The van der Waals surface area contributed by atoms with Gasteiger partial charge in [0.1, 0.15) is 5.82 Å². The van der Waals surface area contributed by atoms with Crippen molar-refractivity contribution >= 4 is 32.8 Å². The zero-order valence-electron chi connectivity index (χ0n) is 38.4. The molecule has 354 valence electrons. The van der Waals surface area contributed by atoms with Crippen molar-refractivity contribution in [2.75, 3.05) is 0 Å². The van der Waals surface area contributed by atoms with Gasteiger partial charge in [-0.2, -0.15) is 22.0 Å². The van der Waals surface area contributed by atoms with Crippen LogP contribution in [-0.4, -0.2) is 14.5 Å². The number of halogens is 5. The number of nitrogens with zero attached hydrogens (tertiary/aromatic N) is 4. The van der Waals surface area contributed by atoms with Crippen LogP contribution in [0.15, 0.2) is 225 Å². The molecule has 0 saturated heterocycles. The smallest absolute Gasteiger partial charge is 0.656 e. The van der Waals surface area contributed by atoms with Crippen LogP contribution >= 0.6 is 0 Å². The maximum Gasteiger partial charge on any atom is 2.00 e. The second-order valence-electron chi connectivity index (χ2n) is 18.1. The van der Waals surface area contributed by atoms with Crippen molar-refractivity contribution in [3.05, 3.63) is 270 Å². The fourth-order valence-corrected chi connectivity index (χ4v) is 10.9. The van der Waals surface area contributed by atoms with Crippen molar-refractivity contribution in [1.29, 1.82) is 0 Å². The molecule has 73 heavy (non-hydrogen) atoms. The van der Waals surface area contributed by atoms with E-state index in [1.807, 2.05) is 162 Å². The average molecular weight is 1140 g/mol. The van der Waals surface area contributed by atoms with Gasteiger partial charge in [-0.25, -0.2) is 4.98 Å². The van der Waals surface area contributed by atoms with Gasteiger partial charge in [-0.1, -0.05) is 181 Å². The summed E-state index contributed by atoms with van der Waals surface area (Å²) >= 11 is 0. The average Bonchev–Trinajstić information content (AvgIpc) is 4.11. The zero-order valence-corrected chi connectivity index (χ0v) is 40.6. The summed E-state index contributed by atoms with van der Waals surface area (Å²) in [5.41, 5.74) is 8.42. The van der Waals surface area contributed by atoms with E-state index in [2.05, 4.69) is 6.07 Å². The fourth-order valence-electron chi connectivity index (χ4n) is 10.9. The summed E-state index contributed by atoms with van der Waals surface area (Å²) in [4.78, 5) is 15.5. The molecule has 1 aliphatic rings. The van der Waals surface area contributed by atoms with Crippen LogP contribution in [0.1, 0.15) is 39.1 Å². The van der Waals surface area contributed by atoms with Gasteiger partial charge in [-0.15, -0.1) is 46.4 Å². The van der Waals surface area contributed by atoms with E-state index in [4.69, 9.17) is 15.0 Å². The Balaban J connectivity index is 0.00000543. The van der Waals surface area contributed by atoms with Gasteiger partial charge in [0.2, 0.25) is 0 Å². The van der Waals surface area contributed by atoms with Gasteiger partial charge < -0.3 is 4.98 Å². The predicted molar refractivity (Wildman–Crippen MR) is 274 cm³/mol. The molecular weight excluding hydrogens is 1100 g/mol. The van der Waals surface area contributed by atoms with Gasteiger partial charge in [0, 0.05) is 34.1 Å². The van der Waals surface area contributed by atoms with Crippen molar-refractivity contribution in [2.45, 2.75) is 17.5 Å². The molecule has 1 aliphatic carbocycles. The standard InChI is InChI=1S/C63H37F5N4.Pt/c64-62(65,41-19-5-2-6-20-41)43-22-14-23-45(37-43)72-59-47(39-16-3-1-4-17-39)33-32-46(58(59)71-60(72)52-28-15-27-51-50-26-9-12-31-55(50)70-57(51)52)40-18-13-21-42(36-40)61(56-38-44(34-35-69-56)63(66,67)68)53-29-10-7-24-48(53)49-25-8-11-30-54(49)61;/h1-35,37-38H;/q-2;+2. The van der Waals surface area contributed by atoms with Crippen molar-refractivity contribution in [1.82, 2.24) is 19.5 Å². The molecule has 0 amide bonds. The number of aromatic nitrogens is 4. The third-order valence-corrected chi connectivity index (χ3v) is 14.1. The number of hydrogen-bond acceptors (Lipinski definition) is 2. The molecule has 0 saturated carbocycles. The molecule has 9 aromatic carbocycles. The third kappa shape index (κ3) is 7.20. The quantitative estimate of drug-likeness (QED) is 0.112. The Bertz CT molecular complexity index is 4040. The Morgan fingerprint density at radius 2 is 1.12 bits per heavy atom. The number of para-hydroxylation sites is 2. The van der Waals surface area contributed by atoms with Crippen molar-refractivity contribution in [3.8, 4) is 50.5 Å². The van der Waals surface area contributed by atoms with E-state index in [1.54, 1.807) is 24.3 Å². The summed E-state index contributed by atoms with van der Waals surface area (Å²) in [6.45, 7) is 0. The number of rotatable bonds is 8. The Kier molecular flexibility index (Phi) is 11.0. The Morgan fingerprint density at radius 3 is 1.88 bits per heavy atom. The molecule has 4 nitrogen and oxygen atoms in total. The van der Waals surface area contributed by atoms with Crippen LogP contribution in [0.3, 0.4) is 0 Å². The number of hydrogen-bond donors (Lipinski definition) is 0. The van der Waals surface area contributed by atoms with E-state index in [0.29, 0.717) is 50.3 Å². The first-order valence-electron chi connectivity index (χ1n) is 23.5. The van der Waals surface area contributed by atoms with Gasteiger partial charge >= 0.3 is 27.2 Å². The maximum absolute atomic E-state index is 16.7. The van der Waals surface area contributed by atoms with Gasteiger partial charge in [0.15, 0.2) is 0 Å². The summed E-state index contributed by atoms with van der Waals surface area (Å²) in [5, 5.41) is 1.89. The predicted octanol–water partition coefficient (Wildman–Crippen LogP) is 16.0. The van der Waals surface area contributed by atoms with Crippen LogP contribution in [-0.2, 0) is 38.6 Å². The third-order valence-electron chi connectivity index (χ3n) is 14.1. The zero-order chi connectivity index (χ0) is 48.8. The Labute approximate surface area is 430 Å². The van der Waals surface area contributed by atoms with E-state index in [-0.39, 0.29) is 37.9 Å². The van der Waals surface area contributed by atoms with Crippen molar-refractivity contribution in [3.63, 3.8) is 0 Å². The molecule has 3 heterocycles. The largest absolute Gasteiger partial charge is 2.00 e. The molecule has 3 aromatic heterocycles. The van der Waals surface area contributed by atoms with E-state index in [0.717, 1.165) is 61.8 Å². The Morgan fingerprint density at radius 1 is 0.507 bits per heavy atom. The van der Waals surface area contributed by atoms with Gasteiger partial charge in [-0.3, -0.25) is 9.55 Å². The number of pyridine rings is 1. The van der Waals surface area contributed by atoms with E-state index >= 15 is 8.78 Å². The van der Waals surface area contributed by atoms with Gasteiger partial charge in [0.25, 0.3) is 5.92 Å². The molecule has 12 aromatic rings. The minimum atomic E-state index is -4.63. The van der Waals surface area contributed by atoms with Crippen molar-refractivity contribution in [2.24, 2.45) is 0 Å². The van der Waals surface area contributed by atoms with Crippen LogP contribution in [0.25, 0.3) is 83.3 Å². The monoisotopic (exact) mass is 1140 g/mol. The van der Waals surface area contributed by atoms with Crippen LogP contribution in [0, 0.1) is 6.07 Å². The SMILES string of the molecule is FC(F)(F)c1ccnc(C2(c3[c-]c(-c4ccc(-c5ccccc5)c5c4nc(-c4cccc6c4[n-]c4ccccc46)n5-c4cccc(C(F)(F)c5ccccc5)c4)ccc3)c3ccccc3-c3ccccc32)c1.[Pt+2]. The van der Waals surface area contributed by atoms with Crippen LogP contribution in [0.4, 0.5) is 22.0 Å². The first kappa shape index (κ1) is 45.8. The first-order valence-corrected chi connectivity index (χ1v) is 23.5. The second-order valence-corrected chi connectivity index (χ2v) is 18.1. The fraction of sp³-hybridized carbons (Fsp3) is 0.0476. The molecule has 0 fully saturated rings. The number of alkyl halides is 5. The molecule has 0 unspecified atom stereocenters. The normalized spacial score (nSPS) is 13.0. The van der Waals surface area contributed by atoms with Crippen LogP contribution in [0.5, 0.6) is 0 Å². The minimum Gasteiger partial charge on any atom is -0.656 e. The molecule has 0 radical (unpaired) electrons. The second kappa shape index (κ2) is 17.5. The summed E-state index contributed by atoms with van der Waals surface area (Å²) < 4.78 is 79.3. The molecule has 13 rings (SSSR count). The summed E-state index contributed by atoms with van der Waals surface area (Å²) in [6.07, 6.45) is -3.40. The first-order chi connectivity index (χ1) is 35.1. The van der Waals surface area contributed by atoms with Crippen LogP contribution < -0.4 is 4.98 Å². The molecular formula is C63H37F5N4Pt. The summed E-state index contributed by atoms with van der Waals surface area (Å²) in [5.74, 6) is -2.87. The number of benzene rings is 9. The molecule has 10 heteroatoms. The summed E-state index contributed by atoms with van der Waals surface area (Å²) in [6, 6.07) is 69.1. The topological polar surface area (TPSA) is 44.8 Å². The number of imidazole rings is 1. The maximum atomic E-state index is 16.7. The molecule has 0 aliphatic heterocycles. The van der Waals surface area contributed by atoms with Crippen molar-refractivity contribution < 1.29 is 43.0 Å². The molecule has 0 bridgehead atoms. The van der Waals surface area contributed by atoms with Crippen LogP contribution in [0.2, 0.25) is 0 Å². The molecule has 0 N–H and O–H groups in total. The van der Waals surface area contributed by atoms with E-state index in [1.165, 1.54) is 30.5 Å².